The maximum Gasteiger partial charge on any atom is 0.457 e. The van der Waals surface area contributed by atoms with Crippen LogP contribution in [0.4, 0.5) is 4.79 Å². The third-order valence-electron chi connectivity index (χ3n) is 5.62. The zero-order valence-corrected chi connectivity index (χ0v) is 21.8. The molecule has 1 aliphatic rings. The molecule has 33 heavy (non-hydrogen) atoms. The molecule has 0 unspecified atom stereocenters. The van der Waals surface area contributed by atoms with E-state index in [0.717, 1.165) is 5.75 Å². The monoisotopic (exact) mass is 478 g/mol. The van der Waals surface area contributed by atoms with E-state index in [0.29, 0.717) is 25.0 Å². The lowest BCUT2D eigenvalue weighted by Crippen LogP contribution is -2.49. The molecule has 184 valence electrons. The van der Waals surface area contributed by atoms with Gasteiger partial charge in [-0.3, -0.25) is 4.79 Å². The number of ether oxygens (including phenoxy) is 1. The van der Waals surface area contributed by atoms with Gasteiger partial charge >= 0.3 is 13.2 Å². The molecule has 1 aliphatic heterocycles. The zero-order valence-electron chi connectivity index (χ0n) is 21.0. The predicted octanol–water partition coefficient (Wildman–Crippen LogP) is 4.41. The number of alkyl carbamates (subject to hydrolysis) is 1. The van der Waals surface area contributed by atoms with E-state index in [1.807, 2.05) is 58.0 Å². The smallest absolute Gasteiger partial charge is 0.444 e. The van der Waals surface area contributed by atoms with Gasteiger partial charge in [0.05, 0.1) is 11.2 Å². The Bertz CT molecular complexity index is 767. The van der Waals surface area contributed by atoms with Gasteiger partial charge in [0.1, 0.15) is 11.6 Å². The van der Waals surface area contributed by atoms with E-state index in [9.17, 15) is 9.59 Å². The Balaban J connectivity index is 1.83. The summed E-state index contributed by atoms with van der Waals surface area (Å²) < 4.78 is 17.3. The SMILES string of the molecule is CC(C)(C)OC(=O)N[C@@H](CSCc1ccccc1)C(=O)NCCCB1OC(C)(C)C(C)(C)O1. The molecule has 1 aromatic rings. The van der Waals surface area contributed by atoms with Crippen molar-refractivity contribution in [1.29, 1.82) is 0 Å². The largest absolute Gasteiger partial charge is 0.457 e. The minimum Gasteiger partial charge on any atom is -0.444 e. The zero-order chi connectivity index (χ0) is 24.7. The van der Waals surface area contributed by atoms with E-state index in [2.05, 4.69) is 10.6 Å². The van der Waals surface area contributed by atoms with Crippen molar-refractivity contribution in [2.24, 2.45) is 0 Å². The van der Waals surface area contributed by atoms with Crippen molar-refractivity contribution < 1.29 is 23.6 Å². The lowest BCUT2D eigenvalue weighted by Gasteiger charge is -2.32. The summed E-state index contributed by atoms with van der Waals surface area (Å²) in [6.07, 6.45) is 0.791. The molecular formula is C24H39BN2O5S. The molecule has 1 fully saturated rings. The van der Waals surface area contributed by atoms with Crippen LogP contribution in [0, 0.1) is 0 Å². The minimum atomic E-state index is -0.689. The van der Waals surface area contributed by atoms with Crippen molar-refractivity contribution in [3.8, 4) is 0 Å². The van der Waals surface area contributed by atoms with Crippen LogP contribution in [0.3, 0.4) is 0 Å². The molecule has 2 rings (SSSR count). The number of carbonyl (C=O) groups excluding carboxylic acids is 2. The highest BCUT2D eigenvalue weighted by Gasteiger charge is 2.50. The summed E-state index contributed by atoms with van der Waals surface area (Å²) in [6.45, 7) is 13.9. The first-order valence-corrected chi connectivity index (χ1v) is 12.7. The third-order valence-corrected chi connectivity index (χ3v) is 6.73. The van der Waals surface area contributed by atoms with Gasteiger partial charge in [-0.05, 0) is 66.8 Å². The van der Waals surface area contributed by atoms with E-state index in [1.54, 1.807) is 32.5 Å². The van der Waals surface area contributed by atoms with Gasteiger partial charge in [-0.1, -0.05) is 30.3 Å². The van der Waals surface area contributed by atoms with Gasteiger partial charge in [-0.25, -0.2) is 4.79 Å². The Labute approximate surface area is 203 Å². The summed E-state index contributed by atoms with van der Waals surface area (Å²) in [5.41, 5.74) is -0.189. The van der Waals surface area contributed by atoms with Crippen LogP contribution in [-0.2, 0) is 24.6 Å². The molecule has 2 N–H and O–H groups in total. The van der Waals surface area contributed by atoms with Gasteiger partial charge in [0, 0.05) is 18.1 Å². The molecule has 1 saturated heterocycles. The van der Waals surface area contributed by atoms with E-state index in [1.165, 1.54) is 5.56 Å². The second kappa shape index (κ2) is 11.6. The number of rotatable bonds is 10. The number of amides is 2. The highest BCUT2D eigenvalue weighted by molar-refractivity contribution is 7.98. The Kier molecular flexibility index (Phi) is 9.70. The van der Waals surface area contributed by atoms with E-state index in [-0.39, 0.29) is 24.2 Å². The predicted molar refractivity (Wildman–Crippen MR) is 134 cm³/mol. The van der Waals surface area contributed by atoms with Crippen LogP contribution in [0.2, 0.25) is 6.32 Å². The van der Waals surface area contributed by atoms with Gasteiger partial charge < -0.3 is 24.7 Å². The Morgan fingerprint density at radius 1 is 1.09 bits per heavy atom. The molecule has 1 atom stereocenters. The fourth-order valence-corrected chi connectivity index (χ4v) is 4.20. The van der Waals surface area contributed by atoms with Crippen LogP contribution in [-0.4, -0.2) is 54.3 Å². The van der Waals surface area contributed by atoms with E-state index in [4.69, 9.17) is 14.0 Å². The van der Waals surface area contributed by atoms with Gasteiger partial charge in [-0.2, -0.15) is 11.8 Å². The molecule has 0 radical (unpaired) electrons. The average molecular weight is 478 g/mol. The summed E-state index contributed by atoms with van der Waals surface area (Å²) in [4.78, 5) is 25.1. The van der Waals surface area contributed by atoms with E-state index < -0.39 is 17.7 Å². The molecule has 0 spiro atoms. The second-order valence-electron chi connectivity index (χ2n) is 10.3. The molecule has 2 amide bonds. The first kappa shape index (κ1) is 27.5. The molecule has 0 aromatic heterocycles. The van der Waals surface area contributed by atoms with E-state index >= 15 is 0 Å². The summed E-state index contributed by atoms with van der Waals surface area (Å²) in [7, 11) is -0.288. The van der Waals surface area contributed by atoms with Crippen molar-refractivity contribution in [1.82, 2.24) is 10.6 Å². The Morgan fingerprint density at radius 3 is 2.27 bits per heavy atom. The van der Waals surface area contributed by atoms with Crippen LogP contribution in [0.15, 0.2) is 30.3 Å². The standard InChI is InChI=1S/C24H39BN2O5S/c1-22(2,3)30-21(29)27-19(17-33-16-18-12-9-8-10-13-18)20(28)26-15-11-14-25-31-23(4,5)24(6,7)32-25/h8-10,12-13,19H,11,14-17H2,1-7H3,(H,26,28)(H,27,29)/t19-/m0/s1. The van der Waals surface area contributed by atoms with Crippen molar-refractivity contribution in [2.45, 2.75) is 89.8 Å². The first-order valence-electron chi connectivity index (χ1n) is 11.5. The van der Waals surface area contributed by atoms with Crippen molar-refractivity contribution >= 4 is 30.9 Å². The van der Waals surface area contributed by atoms with Crippen LogP contribution < -0.4 is 10.6 Å². The minimum absolute atomic E-state index is 0.227. The number of nitrogens with one attached hydrogen (secondary N) is 2. The lowest BCUT2D eigenvalue weighted by molar-refractivity contribution is -0.122. The fraction of sp³-hybridized carbons (Fsp3) is 0.667. The molecular weight excluding hydrogens is 439 g/mol. The number of hydrogen-bond donors (Lipinski definition) is 2. The first-order chi connectivity index (χ1) is 15.3. The van der Waals surface area contributed by atoms with Gasteiger partial charge in [0.25, 0.3) is 0 Å². The van der Waals surface area contributed by atoms with Crippen molar-refractivity contribution in [3.63, 3.8) is 0 Å². The lowest BCUT2D eigenvalue weighted by atomic mass is 9.83. The normalized spacial score (nSPS) is 18.0. The van der Waals surface area contributed by atoms with Gasteiger partial charge in [-0.15, -0.1) is 0 Å². The van der Waals surface area contributed by atoms with Crippen molar-refractivity contribution in [2.75, 3.05) is 12.3 Å². The third kappa shape index (κ3) is 9.22. The molecule has 0 saturated carbocycles. The molecule has 0 bridgehead atoms. The number of thioether (sulfide) groups is 1. The number of hydrogen-bond acceptors (Lipinski definition) is 6. The average Bonchev–Trinajstić information content (AvgIpc) is 2.90. The highest BCUT2D eigenvalue weighted by atomic mass is 32.2. The van der Waals surface area contributed by atoms with Gasteiger partial charge in [0.2, 0.25) is 5.91 Å². The Hall–Kier alpha value is -1.71. The number of benzene rings is 1. The van der Waals surface area contributed by atoms with Crippen LogP contribution in [0.5, 0.6) is 0 Å². The summed E-state index contributed by atoms with van der Waals surface area (Å²) in [6, 6.07) is 9.33. The molecule has 0 aliphatic carbocycles. The summed E-state index contributed by atoms with van der Waals surface area (Å²) in [5.74, 6) is 0.968. The highest BCUT2D eigenvalue weighted by Crippen LogP contribution is 2.37. The molecule has 9 heteroatoms. The maximum atomic E-state index is 12.8. The van der Waals surface area contributed by atoms with Gasteiger partial charge in [0.15, 0.2) is 0 Å². The quantitative estimate of drug-likeness (QED) is 0.383. The Morgan fingerprint density at radius 2 is 1.70 bits per heavy atom. The van der Waals surface area contributed by atoms with Crippen molar-refractivity contribution in [3.05, 3.63) is 35.9 Å². The molecule has 7 nitrogen and oxygen atoms in total. The topological polar surface area (TPSA) is 85.9 Å². The fourth-order valence-electron chi connectivity index (χ4n) is 3.19. The number of carbonyl (C=O) groups is 2. The molecule has 1 aromatic carbocycles. The summed E-state index contributed by atoms with van der Waals surface area (Å²) >= 11 is 1.59. The van der Waals surface area contributed by atoms with Crippen LogP contribution in [0.1, 0.15) is 60.5 Å². The maximum absolute atomic E-state index is 12.8. The van der Waals surface area contributed by atoms with Crippen LogP contribution in [0.25, 0.3) is 0 Å². The second-order valence-corrected chi connectivity index (χ2v) is 11.3. The summed E-state index contributed by atoms with van der Waals surface area (Å²) in [5, 5.41) is 5.65. The molecule has 1 heterocycles. The van der Waals surface area contributed by atoms with Crippen LogP contribution >= 0.6 is 11.8 Å².